The summed E-state index contributed by atoms with van der Waals surface area (Å²) in [5.74, 6) is -1.69. The Morgan fingerprint density at radius 2 is 2.00 bits per heavy atom. The second-order valence-corrected chi connectivity index (χ2v) is 5.23. The van der Waals surface area contributed by atoms with Gasteiger partial charge in [-0.15, -0.1) is 6.58 Å². The predicted molar refractivity (Wildman–Crippen MR) is 62.6 cm³/mol. The summed E-state index contributed by atoms with van der Waals surface area (Å²) in [6, 6.07) is 0. The lowest BCUT2D eigenvalue weighted by Crippen LogP contribution is -2.35. The molecule has 1 aliphatic heterocycles. The molecule has 0 radical (unpaired) electrons. The van der Waals surface area contributed by atoms with Crippen molar-refractivity contribution >= 4 is 12.1 Å². The van der Waals surface area contributed by atoms with Crippen LogP contribution in [0.4, 0.5) is 4.79 Å². The molecule has 0 aromatic carbocycles. The molecule has 1 saturated heterocycles. The molecule has 0 spiro atoms. The highest BCUT2D eigenvalue weighted by Gasteiger charge is 2.39. The summed E-state index contributed by atoms with van der Waals surface area (Å²) in [4.78, 5) is 24.2. The predicted octanol–water partition coefficient (Wildman–Crippen LogP) is 1.74. The summed E-state index contributed by atoms with van der Waals surface area (Å²) in [6.07, 6.45) is 1.12. The van der Waals surface area contributed by atoms with Gasteiger partial charge in [-0.2, -0.15) is 0 Å². The number of rotatable bonds is 2. The van der Waals surface area contributed by atoms with Crippen molar-refractivity contribution in [2.75, 3.05) is 13.1 Å². The zero-order chi connectivity index (χ0) is 13.2. The van der Waals surface area contributed by atoms with Crippen LogP contribution < -0.4 is 0 Å². The molecule has 5 heteroatoms. The topological polar surface area (TPSA) is 66.8 Å². The minimum absolute atomic E-state index is 0.181. The summed E-state index contributed by atoms with van der Waals surface area (Å²) in [6.45, 7) is 9.47. The number of hydrogen-bond donors (Lipinski definition) is 1. The van der Waals surface area contributed by atoms with E-state index in [4.69, 9.17) is 9.84 Å². The number of amides is 1. The van der Waals surface area contributed by atoms with Crippen LogP contribution in [-0.2, 0) is 9.53 Å². The highest BCUT2D eigenvalue weighted by molar-refractivity contribution is 5.75. The Labute approximate surface area is 101 Å². The Bertz CT molecular complexity index is 332. The van der Waals surface area contributed by atoms with Crippen LogP contribution in [0, 0.1) is 11.8 Å². The van der Waals surface area contributed by atoms with Gasteiger partial charge in [-0.1, -0.05) is 6.08 Å². The molecule has 5 nitrogen and oxygen atoms in total. The third-order valence-corrected chi connectivity index (χ3v) is 2.64. The van der Waals surface area contributed by atoms with Crippen molar-refractivity contribution in [3.63, 3.8) is 0 Å². The number of carbonyl (C=O) groups excluding carboxylic acids is 1. The van der Waals surface area contributed by atoms with Crippen LogP contribution in [0.5, 0.6) is 0 Å². The number of hydrogen-bond acceptors (Lipinski definition) is 3. The summed E-state index contributed by atoms with van der Waals surface area (Å²) in [7, 11) is 0. The molecule has 0 saturated carbocycles. The monoisotopic (exact) mass is 241 g/mol. The van der Waals surface area contributed by atoms with Crippen molar-refractivity contribution in [2.24, 2.45) is 11.8 Å². The molecule has 0 aromatic rings. The Morgan fingerprint density at radius 1 is 1.41 bits per heavy atom. The number of carbonyl (C=O) groups is 2. The highest BCUT2D eigenvalue weighted by Crippen LogP contribution is 2.26. The van der Waals surface area contributed by atoms with Crippen LogP contribution in [0.1, 0.15) is 20.8 Å². The molecule has 2 atom stereocenters. The SMILES string of the molecule is C=CC1CN(C(=O)OC(C)(C)C)C[C@@H]1C(=O)O. The molecule has 1 heterocycles. The zero-order valence-corrected chi connectivity index (χ0v) is 10.5. The quantitative estimate of drug-likeness (QED) is 0.748. The van der Waals surface area contributed by atoms with Crippen molar-refractivity contribution in [3.8, 4) is 0 Å². The molecule has 1 N–H and O–H groups in total. The first kappa shape index (κ1) is 13.5. The summed E-state index contributed by atoms with van der Waals surface area (Å²) < 4.78 is 5.20. The average molecular weight is 241 g/mol. The van der Waals surface area contributed by atoms with E-state index < -0.39 is 23.6 Å². The molecule has 0 bridgehead atoms. The molecule has 1 aliphatic rings. The van der Waals surface area contributed by atoms with Gasteiger partial charge in [-0.25, -0.2) is 4.79 Å². The standard InChI is InChI=1S/C12H19NO4/c1-5-8-6-13(7-9(8)10(14)15)11(16)17-12(2,3)4/h5,8-9H,1,6-7H2,2-4H3,(H,14,15)/t8?,9-/m0/s1. The lowest BCUT2D eigenvalue weighted by atomic mass is 9.97. The number of aliphatic carboxylic acids is 1. The van der Waals surface area contributed by atoms with Crippen LogP contribution in [0.2, 0.25) is 0 Å². The molecule has 0 aromatic heterocycles. The van der Waals surface area contributed by atoms with Crippen molar-refractivity contribution in [1.29, 1.82) is 0 Å². The maximum Gasteiger partial charge on any atom is 0.410 e. The fourth-order valence-corrected chi connectivity index (χ4v) is 1.80. The summed E-state index contributed by atoms with van der Waals surface area (Å²) in [5.41, 5.74) is -0.567. The highest BCUT2D eigenvalue weighted by atomic mass is 16.6. The third kappa shape index (κ3) is 3.47. The second kappa shape index (κ2) is 4.77. The zero-order valence-electron chi connectivity index (χ0n) is 10.5. The maximum atomic E-state index is 11.8. The largest absolute Gasteiger partial charge is 0.481 e. The van der Waals surface area contributed by atoms with Gasteiger partial charge >= 0.3 is 12.1 Å². The van der Waals surface area contributed by atoms with Gasteiger partial charge in [0.1, 0.15) is 5.60 Å². The molecular formula is C12H19NO4. The van der Waals surface area contributed by atoms with Gasteiger partial charge in [0, 0.05) is 19.0 Å². The van der Waals surface area contributed by atoms with Gasteiger partial charge < -0.3 is 14.7 Å². The number of nitrogens with zero attached hydrogens (tertiary/aromatic N) is 1. The van der Waals surface area contributed by atoms with Crippen molar-refractivity contribution in [3.05, 3.63) is 12.7 Å². The first-order valence-corrected chi connectivity index (χ1v) is 5.58. The Kier molecular flexibility index (Phi) is 3.80. The minimum atomic E-state index is -0.902. The third-order valence-electron chi connectivity index (χ3n) is 2.64. The first-order chi connectivity index (χ1) is 7.74. The Balaban J connectivity index is 2.67. The van der Waals surface area contributed by atoms with Crippen molar-refractivity contribution in [2.45, 2.75) is 26.4 Å². The smallest absolute Gasteiger partial charge is 0.410 e. The number of ether oxygens (including phenoxy) is 1. The Morgan fingerprint density at radius 3 is 2.35 bits per heavy atom. The van der Waals surface area contributed by atoms with Gasteiger partial charge in [0.2, 0.25) is 0 Å². The number of likely N-dealkylation sites (tertiary alicyclic amines) is 1. The van der Waals surface area contributed by atoms with Gasteiger partial charge in [0.05, 0.1) is 5.92 Å². The van der Waals surface area contributed by atoms with Crippen LogP contribution in [0.3, 0.4) is 0 Å². The van der Waals surface area contributed by atoms with E-state index in [1.165, 1.54) is 4.90 Å². The van der Waals surface area contributed by atoms with E-state index in [1.54, 1.807) is 26.8 Å². The lowest BCUT2D eigenvalue weighted by molar-refractivity contribution is -0.142. The van der Waals surface area contributed by atoms with Gasteiger partial charge in [0.15, 0.2) is 0 Å². The van der Waals surface area contributed by atoms with E-state index in [2.05, 4.69) is 6.58 Å². The summed E-state index contributed by atoms with van der Waals surface area (Å²) >= 11 is 0. The van der Waals surface area contributed by atoms with Gasteiger partial charge in [-0.3, -0.25) is 4.79 Å². The molecule has 17 heavy (non-hydrogen) atoms. The lowest BCUT2D eigenvalue weighted by Gasteiger charge is -2.24. The van der Waals surface area contributed by atoms with E-state index in [9.17, 15) is 9.59 Å². The minimum Gasteiger partial charge on any atom is -0.481 e. The fourth-order valence-electron chi connectivity index (χ4n) is 1.80. The van der Waals surface area contributed by atoms with Crippen LogP contribution in [-0.4, -0.2) is 40.8 Å². The maximum absolute atomic E-state index is 11.8. The van der Waals surface area contributed by atoms with Gasteiger partial charge in [0.25, 0.3) is 0 Å². The van der Waals surface area contributed by atoms with E-state index in [0.29, 0.717) is 6.54 Å². The van der Waals surface area contributed by atoms with Crippen molar-refractivity contribution in [1.82, 2.24) is 4.90 Å². The fraction of sp³-hybridized carbons (Fsp3) is 0.667. The normalized spacial score (nSPS) is 24.5. The molecule has 1 rings (SSSR count). The molecule has 1 fully saturated rings. The first-order valence-electron chi connectivity index (χ1n) is 5.58. The van der Waals surface area contributed by atoms with E-state index >= 15 is 0 Å². The molecule has 0 aliphatic carbocycles. The molecule has 1 unspecified atom stereocenters. The van der Waals surface area contributed by atoms with Crippen LogP contribution >= 0.6 is 0 Å². The molecule has 96 valence electrons. The van der Waals surface area contributed by atoms with Crippen LogP contribution in [0.15, 0.2) is 12.7 Å². The van der Waals surface area contributed by atoms with E-state index in [1.807, 2.05) is 0 Å². The number of carboxylic acids is 1. The molecular weight excluding hydrogens is 222 g/mol. The van der Waals surface area contributed by atoms with Crippen LogP contribution in [0.25, 0.3) is 0 Å². The van der Waals surface area contributed by atoms with E-state index in [0.717, 1.165) is 0 Å². The second-order valence-electron chi connectivity index (χ2n) is 5.23. The molecule has 1 amide bonds. The van der Waals surface area contributed by atoms with Crippen molar-refractivity contribution < 1.29 is 19.4 Å². The van der Waals surface area contributed by atoms with Gasteiger partial charge in [-0.05, 0) is 20.8 Å². The number of carboxylic acid groups (broad SMARTS) is 1. The summed E-state index contributed by atoms with van der Waals surface area (Å²) in [5, 5.41) is 9.02. The van der Waals surface area contributed by atoms with E-state index in [-0.39, 0.29) is 12.5 Å². The average Bonchev–Trinajstić information content (AvgIpc) is 2.58. The Hall–Kier alpha value is -1.52.